The molecule has 0 saturated carbocycles. The van der Waals surface area contributed by atoms with Crippen LogP contribution in [0.1, 0.15) is 19.4 Å². The highest BCUT2D eigenvalue weighted by atomic mass is 16.6. The molecule has 0 bridgehead atoms. The van der Waals surface area contributed by atoms with E-state index in [2.05, 4.69) is 5.32 Å². The smallest absolute Gasteiger partial charge is 0.342 e. The van der Waals surface area contributed by atoms with Crippen molar-refractivity contribution in [2.45, 2.75) is 32.4 Å². The van der Waals surface area contributed by atoms with E-state index < -0.39 is 30.1 Å². The van der Waals surface area contributed by atoms with Gasteiger partial charge in [-0.15, -0.1) is 0 Å². The second kappa shape index (κ2) is 12.4. The molecule has 0 saturated heterocycles. The van der Waals surface area contributed by atoms with Gasteiger partial charge in [-0.2, -0.15) is 0 Å². The van der Waals surface area contributed by atoms with E-state index >= 15 is 0 Å². The molecule has 9 heteroatoms. The standard InChI is InChI=1S/C24H30N2O7/c1-16(2)14-26(15-19(27)23(30)33-21-12-8-7-11-20(21)32-3)24(31)25-18(22(28)29)13-17-9-5-4-6-10-17/h4-12,16,18-19,27H,13-15H2,1-3H3,(H,25,31)(H,28,29)/t18-,19-/m0/s1. The lowest BCUT2D eigenvalue weighted by Gasteiger charge is -2.28. The van der Waals surface area contributed by atoms with Crippen LogP contribution in [-0.2, 0) is 16.0 Å². The molecule has 0 spiro atoms. The van der Waals surface area contributed by atoms with Gasteiger partial charge in [0.2, 0.25) is 0 Å². The van der Waals surface area contributed by atoms with E-state index in [-0.39, 0.29) is 31.2 Å². The van der Waals surface area contributed by atoms with Crippen molar-refractivity contribution < 1.29 is 34.1 Å². The summed E-state index contributed by atoms with van der Waals surface area (Å²) in [5, 5.41) is 22.4. The Hall–Kier alpha value is -3.59. The second-order valence-electron chi connectivity index (χ2n) is 7.92. The fraction of sp³-hybridized carbons (Fsp3) is 0.375. The number of benzene rings is 2. The van der Waals surface area contributed by atoms with Crippen LogP contribution in [0.15, 0.2) is 54.6 Å². The molecule has 0 unspecified atom stereocenters. The Morgan fingerprint density at radius 2 is 1.58 bits per heavy atom. The molecule has 2 amide bonds. The van der Waals surface area contributed by atoms with Gasteiger partial charge in [0, 0.05) is 13.0 Å². The van der Waals surface area contributed by atoms with Crippen LogP contribution in [0, 0.1) is 5.92 Å². The van der Waals surface area contributed by atoms with Crippen molar-refractivity contribution in [3.8, 4) is 11.5 Å². The van der Waals surface area contributed by atoms with Gasteiger partial charge in [0.15, 0.2) is 17.6 Å². The van der Waals surface area contributed by atoms with E-state index in [1.165, 1.54) is 18.1 Å². The summed E-state index contributed by atoms with van der Waals surface area (Å²) in [6.45, 7) is 3.55. The first-order chi connectivity index (χ1) is 15.7. The van der Waals surface area contributed by atoms with Crippen LogP contribution in [0.2, 0.25) is 0 Å². The van der Waals surface area contributed by atoms with Crippen molar-refractivity contribution in [3.63, 3.8) is 0 Å². The van der Waals surface area contributed by atoms with Crippen LogP contribution >= 0.6 is 0 Å². The molecule has 0 aromatic heterocycles. The monoisotopic (exact) mass is 458 g/mol. The Labute approximate surface area is 192 Å². The summed E-state index contributed by atoms with van der Waals surface area (Å²) in [6, 6.07) is 13.5. The van der Waals surface area contributed by atoms with Crippen LogP contribution in [0.3, 0.4) is 0 Å². The number of aliphatic hydroxyl groups excluding tert-OH is 1. The Balaban J connectivity index is 2.07. The summed E-state index contributed by atoms with van der Waals surface area (Å²) in [4.78, 5) is 38.2. The van der Waals surface area contributed by atoms with E-state index in [0.29, 0.717) is 5.75 Å². The lowest BCUT2D eigenvalue weighted by atomic mass is 10.1. The highest BCUT2D eigenvalue weighted by Gasteiger charge is 2.28. The number of carboxylic acid groups (broad SMARTS) is 1. The minimum atomic E-state index is -1.64. The molecule has 0 aliphatic carbocycles. The molecule has 0 radical (unpaired) electrons. The molecule has 178 valence electrons. The van der Waals surface area contributed by atoms with Gasteiger partial charge in [0.25, 0.3) is 0 Å². The Bertz CT molecular complexity index is 933. The molecule has 2 rings (SSSR count). The number of para-hydroxylation sites is 2. The Morgan fingerprint density at radius 1 is 0.970 bits per heavy atom. The fourth-order valence-corrected chi connectivity index (χ4v) is 3.13. The summed E-state index contributed by atoms with van der Waals surface area (Å²) < 4.78 is 10.3. The number of ether oxygens (including phenoxy) is 2. The molecule has 3 N–H and O–H groups in total. The number of carbonyl (C=O) groups is 3. The van der Waals surface area contributed by atoms with E-state index in [0.717, 1.165) is 5.56 Å². The maximum absolute atomic E-state index is 12.9. The number of esters is 1. The minimum absolute atomic E-state index is 0.00518. The van der Waals surface area contributed by atoms with Crippen molar-refractivity contribution >= 4 is 18.0 Å². The third-order valence-corrected chi connectivity index (χ3v) is 4.70. The number of methoxy groups -OCH3 is 1. The number of carboxylic acids is 1. The number of rotatable bonds is 11. The number of carbonyl (C=O) groups excluding carboxylic acids is 2. The molecule has 33 heavy (non-hydrogen) atoms. The minimum Gasteiger partial charge on any atom is -0.493 e. The van der Waals surface area contributed by atoms with Crippen LogP contribution in [0.5, 0.6) is 11.5 Å². The van der Waals surface area contributed by atoms with Gasteiger partial charge < -0.3 is 29.9 Å². The number of nitrogens with zero attached hydrogens (tertiary/aromatic N) is 1. The van der Waals surface area contributed by atoms with Gasteiger partial charge in [-0.25, -0.2) is 14.4 Å². The number of hydrogen-bond donors (Lipinski definition) is 3. The largest absolute Gasteiger partial charge is 0.493 e. The number of aliphatic hydroxyl groups is 1. The van der Waals surface area contributed by atoms with Crippen LogP contribution < -0.4 is 14.8 Å². The quantitative estimate of drug-likeness (QED) is 0.349. The van der Waals surface area contributed by atoms with Crippen molar-refractivity contribution in [1.82, 2.24) is 10.2 Å². The highest BCUT2D eigenvalue weighted by Crippen LogP contribution is 2.26. The van der Waals surface area contributed by atoms with Gasteiger partial charge in [-0.05, 0) is 23.6 Å². The first kappa shape index (κ1) is 25.7. The van der Waals surface area contributed by atoms with Gasteiger partial charge in [0.1, 0.15) is 6.04 Å². The molecule has 9 nitrogen and oxygen atoms in total. The van der Waals surface area contributed by atoms with Crippen LogP contribution in [0.4, 0.5) is 4.79 Å². The zero-order valence-electron chi connectivity index (χ0n) is 18.9. The van der Waals surface area contributed by atoms with E-state index in [4.69, 9.17) is 9.47 Å². The van der Waals surface area contributed by atoms with E-state index in [1.54, 1.807) is 42.5 Å². The number of aliphatic carboxylic acids is 1. The van der Waals surface area contributed by atoms with E-state index in [9.17, 15) is 24.6 Å². The zero-order valence-corrected chi connectivity index (χ0v) is 18.9. The SMILES string of the molecule is COc1ccccc1OC(=O)[C@@H](O)CN(CC(C)C)C(=O)N[C@@H](Cc1ccccc1)C(=O)O. The van der Waals surface area contributed by atoms with Crippen molar-refractivity contribution in [2.75, 3.05) is 20.2 Å². The summed E-state index contributed by atoms with van der Waals surface area (Å²) >= 11 is 0. The molecule has 2 atom stereocenters. The highest BCUT2D eigenvalue weighted by molar-refractivity contribution is 5.84. The molecule has 0 aliphatic rings. The van der Waals surface area contributed by atoms with Crippen LogP contribution in [0.25, 0.3) is 0 Å². The number of urea groups is 1. The predicted octanol–water partition coefficient (Wildman–Crippen LogP) is 2.33. The molecule has 2 aromatic rings. The van der Waals surface area contributed by atoms with Gasteiger partial charge >= 0.3 is 18.0 Å². The number of hydrogen-bond acceptors (Lipinski definition) is 6. The van der Waals surface area contributed by atoms with Gasteiger partial charge in [0.05, 0.1) is 13.7 Å². The first-order valence-electron chi connectivity index (χ1n) is 10.6. The van der Waals surface area contributed by atoms with Crippen LogP contribution in [-0.4, -0.2) is 65.4 Å². The van der Waals surface area contributed by atoms with Gasteiger partial charge in [-0.3, -0.25) is 0 Å². The number of nitrogens with one attached hydrogen (secondary N) is 1. The second-order valence-corrected chi connectivity index (χ2v) is 7.92. The maximum Gasteiger partial charge on any atom is 0.342 e. The average Bonchev–Trinajstić information content (AvgIpc) is 2.78. The Kier molecular flexibility index (Phi) is 9.68. The average molecular weight is 459 g/mol. The third-order valence-electron chi connectivity index (χ3n) is 4.70. The molecular formula is C24H30N2O7. The first-order valence-corrected chi connectivity index (χ1v) is 10.6. The lowest BCUT2D eigenvalue weighted by Crippen LogP contribution is -2.52. The van der Waals surface area contributed by atoms with Gasteiger partial charge in [-0.1, -0.05) is 56.3 Å². The maximum atomic E-state index is 12.9. The summed E-state index contributed by atoms with van der Waals surface area (Å²) in [7, 11) is 1.42. The molecule has 0 fully saturated rings. The fourth-order valence-electron chi connectivity index (χ4n) is 3.13. The predicted molar refractivity (Wildman–Crippen MR) is 121 cm³/mol. The Morgan fingerprint density at radius 3 is 2.15 bits per heavy atom. The zero-order chi connectivity index (χ0) is 24.4. The van der Waals surface area contributed by atoms with Crippen molar-refractivity contribution in [3.05, 3.63) is 60.2 Å². The summed E-state index contributed by atoms with van der Waals surface area (Å²) in [5.41, 5.74) is 0.751. The third kappa shape index (κ3) is 8.12. The van der Waals surface area contributed by atoms with Crippen molar-refractivity contribution in [2.24, 2.45) is 5.92 Å². The van der Waals surface area contributed by atoms with Crippen molar-refractivity contribution in [1.29, 1.82) is 0 Å². The lowest BCUT2D eigenvalue weighted by molar-refractivity contribution is -0.144. The molecular weight excluding hydrogens is 428 g/mol. The summed E-state index contributed by atoms with van der Waals surface area (Å²) in [5.74, 6) is -1.68. The normalized spacial score (nSPS) is 12.5. The summed E-state index contributed by atoms with van der Waals surface area (Å²) in [6.07, 6.45) is -1.55. The number of amides is 2. The molecule has 2 aromatic carbocycles. The molecule has 0 aliphatic heterocycles. The van der Waals surface area contributed by atoms with E-state index in [1.807, 2.05) is 19.9 Å². The topological polar surface area (TPSA) is 125 Å². The molecule has 0 heterocycles.